The van der Waals surface area contributed by atoms with E-state index in [9.17, 15) is 0 Å². The number of rotatable bonds is 20. The highest BCUT2D eigenvalue weighted by atomic mass is 32.2. The van der Waals surface area contributed by atoms with Crippen LogP contribution in [0.2, 0.25) is 0 Å². The Labute approximate surface area is 156 Å². The van der Waals surface area contributed by atoms with Crippen molar-refractivity contribution in [3.8, 4) is 0 Å². The zero-order chi connectivity index (χ0) is 17.7. The lowest BCUT2D eigenvalue weighted by molar-refractivity contribution is 0.164. The first kappa shape index (κ1) is 24.3. The third kappa shape index (κ3) is 18.6. The van der Waals surface area contributed by atoms with Crippen molar-refractivity contribution in [2.24, 2.45) is 5.92 Å². The van der Waals surface area contributed by atoms with Crippen LogP contribution in [-0.2, 0) is 0 Å². The summed E-state index contributed by atoms with van der Waals surface area (Å²) >= 11 is 1.88. The predicted octanol–water partition coefficient (Wildman–Crippen LogP) is 6.19. The van der Waals surface area contributed by atoms with Gasteiger partial charge in [-0.1, -0.05) is 96.8 Å². The van der Waals surface area contributed by atoms with Crippen LogP contribution < -0.4 is 0 Å². The quantitative estimate of drug-likeness (QED) is 0.254. The van der Waals surface area contributed by atoms with Crippen molar-refractivity contribution in [2.75, 3.05) is 24.7 Å². The number of thioether (sulfide) groups is 1. The summed E-state index contributed by atoms with van der Waals surface area (Å²) in [5.41, 5.74) is 0. The molecule has 0 atom stereocenters. The van der Waals surface area contributed by atoms with Crippen LogP contribution in [0.4, 0.5) is 0 Å². The molecule has 2 N–H and O–H groups in total. The monoisotopic (exact) mass is 360 g/mol. The van der Waals surface area contributed by atoms with Crippen LogP contribution in [0, 0.1) is 5.92 Å². The Morgan fingerprint density at radius 2 is 0.958 bits per heavy atom. The first-order chi connectivity index (χ1) is 11.8. The molecule has 0 aliphatic carbocycles. The molecule has 0 saturated heterocycles. The standard InChI is InChI=1S/C21H44O2S/c1-2-3-4-5-6-7-8-9-10-11-12-13-14-15-16-17-24-20-21(18-22)19-23/h21-23H,2-20H2,1H3. The number of aliphatic hydroxyl groups excluding tert-OH is 2. The van der Waals surface area contributed by atoms with Gasteiger partial charge in [0, 0.05) is 24.9 Å². The lowest BCUT2D eigenvalue weighted by Gasteiger charge is -2.09. The SMILES string of the molecule is CCCCCCCCCCCCCCCCCSCC(CO)CO. The first-order valence-corrected chi connectivity index (χ1v) is 11.8. The smallest absolute Gasteiger partial charge is 0.0489 e. The van der Waals surface area contributed by atoms with Crippen LogP contribution in [0.25, 0.3) is 0 Å². The molecule has 0 heterocycles. The third-order valence-corrected chi connectivity index (χ3v) is 6.05. The molecule has 0 aromatic carbocycles. The van der Waals surface area contributed by atoms with Gasteiger partial charge in [0.2, 0.25) is 0 Å². The Morgan fingerprint density at radius 3 is 1.33 bits per heavy atom. The summed E-state index contributed by atoms with van der Waals surface area (Å²) in [4.78, 5) is 0. The molecule has 0 aliphatic rings. The molecule has 0 aromatic heterocycles. The number of aliphatic hydroxyl groups is 2. The van der Waals surface area contributed by atoms with Crippen molar-refractivity contribution >= 4 is 11.8 Å². The van der Waals surface area contributed by atoms with Crippen molar-refractivity contribution in [1.82, 2.24) is 0 Å². The fourth-order valence-corrected chi connectivity index (χ4v) is 4.11. The van der Waals surface area contributed by atoms with Gasteiger partial charge in [-0.3, -0.25) is 0 Å². The summed E-state index contributed by atoms with van der Waals surface area (Å²) in [6, 6.07) is 0. The maximum absolute atomic E-state index is 8.99. The van der Waals surface area contributed by atoms with Crippen LogP contribution >= 0.6 is 11.8 Å². The molecule has 0 unspecified atom stereocenters. The molecule has 0 fully saturated rings. The van der Waals surface area contributed by atoms with Gasteiger partial charge in [0.1, 0.15) is 0 Å². The topological polar surface area (TPSA) is 40.5 Å². The fourth-order valence-electron chi connectivity index (χ4n) is 2.99. The molecule has 0 rings (SSSR count). The molecular weight excluding hydrogens is 316 g/mol. The molecule has 0 radical (unpaired) electrons. The Morgan fingerprint density at radius 1 is 0.583 bits per heavy atom. The highest BCUT2D eigenvalue weighted by Crippen LogP contribution is 2.15. The van der Waals surface area contributed by atoms with Gasteiger partial charge in [0.15, 0.2) is 0 Å². The molecule has 146 valence electrons. The average molecular weight is 361 g/mol. The van der Waals surface area contributed by atoms with Gasteiger partial charge in [-0.05, 0) is 12.2 Å². The Kier molecular flexibility index (Phi) is 21.6. The zero-order valence-electron chi connectivity index (χ0n) is 16.3. The highest BCUT2D eigenvalue weighted by Gasteiger charge is 2.04. The van der Waals surface area contributed by atoms with E-state index in [1.54, 1.807) is 0 Å². The second-order valence-corrected chi connectivity index (χ2v) is 8.41. The molecule has 0 bridgehead atoms. The molecule has 0 amide bonds. The summed E-state index contributed by atoms with van der Waals surface area (Å²) in [7, 11) is 0. The van der Waals surface area contributed by atoms with Gasteiger partial charge >= 0.3 is 0 Å². The van der Waals surface area contributed by atoms with E-state index in [2.05, 4.69) is 6.92 Å². The molecule has 0 aromatic rings. The molecule has 2 nitrogen and oxygen atoms in total. The molecule has 24 heavy (non-hydrogen) atoms. The summed E-state index contributed by atoms with van der Waals surface area (Å²) in [6.07, 6.45) is 21.2. The molecule has 0 aliphatic heterocycles. The molecule has 0 saturated carbocycles. The largest absolute Gasteiger partial charge is 0.396 e. The Bertz CT molecular complexity index is 220. The molecular formula is C21H44O2S. The minimum Gasteiger partial charge on any atom is -0.396 e. The Hall–Kier alpha value is 0.270. The minimum absolute atomic E-state index is 0.0753. The lowest BCUT2D eigenvalue weighted by atomic mass is 10.0. The van der Waals surface area contributed by atoms with E-state index < -0.39 is 0 Å². The zero-order valence-corrected chi connectivity index (χ0v) is 17.1. The summed E-state index contributed by atoms with van der Waals surface area (Å²) < 4.78 is 0. The van der Waals surface area contributed by atoms with Crippen molar-refractivity contribution in [1.29, 1.82) is 0 Å². The predicted molar refractivity (Wildman–Crippen MR) is 110 cm³/mol. The molecule has 3 heteroatoms. The fraction of sp³-hybridized carbons (Fsp3) is 1.00. The normalized spacial score (nSPS) is 11.5. The second-order valence-electron chi connectivity index (χ2n) is 7.26. The van der Waals surface area contributed by atoms with Crippen molar-refractivity contribution in [3.05, 3.63) is 0 Å². The van der Waals surface area contributed by atoms with Gasteiger partial charge in [-0.15, -0.1) is 0 Å². The van der Waals surface area contributed by atoms with Gasteiger partial charge in [-0.2, -0.15) is 11.8 Å². The van der Waals surface area contributed by atoms with Crippen LogP contribution in [0.3, 0.4) is 0 Å². The summed E-state index contributed by atoms with van der Waals surface area (Å²) in [6.45, 7) is 2.51. The number of hydrogen-bond donors (Lipinski definition) is 2. The molecule has 0 spiro atoms. The maximum Gasteiger partial charge on any atom is 0.0489 e. The van der Waals surface area contributed by atoms with Crippen molar-refractivity contribution < 1.29 is 10.2 Å². The van der Waals surface area contributed by atoms with E-state index in [0.717, 1.165) is 5.75 Å². The van der Waals surface area contributed by atoms with E-state index in [1.165, 1.54) is 102 Å². The average Bonchev–Trinajstić information content (AvgIpc) is 2.61. The van der Waals surface area contributed by atoms with Gasteiger partial charge < -0.3 is 10.2 Å². The van der Waals surface area contributed by atoms with Crippen LogP contribution in [-0.4, -0.2) is 34.9 Å². The summed E-state index contributed by atoms with van der Waals surface area (Å²) in [5, 5.41) is 18.0. The van der Waals surface area contributed by atoms with E-state index in [0.29, 0.717) is 0 Å². The van der Waals surface area contributed by atoms with Crippen molar-refractivity contribution in [3.63, 3.8) is 0 Å². The van der Waals surface area contributed by atoms with E-state index in [-0.39, 0.29) is 19.1 Å². The van der Waals surface area contributed by atoms with Crippen LogP contribution in [0.1, 0.15) is 103 Å². The first-order valence-electron chi connectivity index (χ1n) is 10.6. The third-order valence-electron chi connectivity index (χ3n) is 4.76. The van der Waals surface area contributed by atoms with E-state index in [1.807, 2.05) is 11.8 Å². The van der Waals surface area contributed by atoms with Crippen molar-refractivity contribution in [2.45, 2.75) is 103 Å². The van der Waals surface area contributed by atoms with Gasteiger partial charge in [0.05, 0.1) is 0 Å². The van der Waals surface area contributed by atoms with Gasteiger partial charge in [0.25, 0.3) is 0 Å². The number of hydrogen-bond acceptors (Lipinski definition) is 3. The highest BCUT2D eigenvalue weighted by molar-refractivity contribution is 7.99. The van der Waals surface area contributed by atoms with E-state index in [4.69, 9.17) is 10.2 Å². The van der Waals surface area contributed by atoms with Gasteiger partial charge in [-0.25, -0.2) is 0 Å². The summed E-state index contributed by atoms with van der Waals surface area (Å²) in [5.74, 6) is 2.15. The number of unbranched alkanes of at least 4 members (excludes halogenated alkanes) is 14. The lowest BCUT2D eigenvalue weighted by Crippen LogP contribution is -2.13. The Balaban J connectivity index is 3.03. The van der Waals surface area contributed by atoms with Crippen LogP contribution in [0.15, 0.2) is 0 Å². The van der Waals surface area contributed by atoms with Crippen LogP contribution in [0.5, 0.6) is 0 Å². The van der Waals surface area contributed by atoms with E-state index >= 15 is 0 Å². The maximum atomic E-state index is 8.99. The second kappa shape index (κ2) is 21.3. The minimum atomic E-state index is 0.0753.